The summed E-state index contributed by atoms with van der Waals surface area (Å²) in [5, 5.41) is 0. The Labute approximate surface area is 95.4 Å². The molecule has 0 aromatic carbocycles. The van der Waals surface area contributed by atoms with E-state index in [9.17, 15) is 4.79 Å². The third kappa shape index (κ3) is 2.85. The van der Waals surface area contributed by atoms with Gasteiger partial charge in [-0.3, -0.25) is 4.79 Å². The Hall–Kier alpha value is -1.78. The van der Waals surface area contributed by atoms with E-state index in [-0.39, 0.29) is 18.5 Å². The number of primary amides is 1. The largest absolute Gasteiger partial charge is 0.397 e. The SMILES string of the molecule is Cc1nc(N(CC(N)=O)C(C)C)ccc1N. The second-order valence-electron chi connectivity index (χ2n) is 4.03. The van der Waals surface area contributed by atoms with Crippen LogP contribution in [0.1, 0.15) is 19.5 Å². The first-order chi connectivity index (χ1) is 7.41. The average Bonchev–Trinajstić information content (AvgIpc) is 2.18. The monoisotopic (exact) mass is 222 g/mol. The number of carbonyl (C=O) groups excluding carboxylic acids is 1. The van der Waals surface area contributed by atoms with E-state index in [1.54, 1.807) is 12.1 Å². The highest BCUT2D eigenvalue weighted by Crippen LogP contribution is 2.17. The maximum atomic E-state index is 11.0. The van der Waals surface area contributed by atoms with Gasteiger partial charge >= 0.3 is 0 Å². The van der Waals surface area contributed by atoms with Crippen molar-refractivity contribution in [1.29, 1.82) is 0 Å². The highest BCUT2D eigenvalue weighted by Gasteiger charge is 2.14. The Morgan fingerprint density at radius 2 is 2.12 bits per heavy atom. The highest BCUT2D eigenvalue weighted by atomic mass is 16.1. The molecule has 0 fully saturated rings. The van der Waals surface area contributed by atoms with Crippen molar-refractivity contribution in [2.24, 2.45) is 5.73 Å². The van der Waals surface area contributed by atoms with Gasteiger partial charge in [0.05, 0.1) is 17.9 Å². The van der Waals surface area contributed by atoms with Gasteiger partial charge in [0.15, 0.2) is 0 Å². The van der Waals surface area contributed by atoms with E-state index in [2.05, 4.69) is 4.98 Å². The van der Waals surface area contributed by atoms with Crippen molar-refractivity contribution in [3.63, 3.8) is 0 Å². The Balaban J connectivity index is 3.01. The van der Waals surface area contributed by atoms with Gasteiger partial charge in [-0.1, -0.05) is 0 Å². The van der Waals surface area contributed by atoms with Gasteiger partial charge in [-0.2, -0.15) is 0 Å². The number of nitrogens with two attached hydrogens (primary N) is 2. The number of hydrogen-bond acceptors (Lipinski definition) is 4. The summed E-state index contributed by atoms with van der Waals surface area (Å²) in [5.41, 5.74) is 12.3. The molecule has 88 valence electrons. The molecular weight excluding hydrogens is 204 g/mol. The third-order valence-corrected chi connectivity index (χ3v) is 2.36. The van der Waals surface area contributed by atoms with Crippen LogP contribution >= 0.6 is 0 Å². The number of aryl methyl sites for hydroxylation is 1. The van der Waals surface area contributed by atoms with E-state index in [4.69, 9.17) is 11.5 Å². The molecule has 1 heterocycles. The molecule has 0 spiro atoms. The fourth-order valence-corrected chi connectivity index (χ4v) is 1.41. The van der Waals surface area contributed by atoms with Crippen molar-refractivity contribution in [3.8, 4) is 0 Å². The lowest BCUT2D eigenvalue weighted by Crippen LogP contribution is -2.39. The van der Waals surface area contributed by atoms with Crippen LogP contribution in [-0.2, 0) is 4.79 Å². The van der Waals surface area contributed by atoms with Crippen LogP contribution in [0.3, 0.4) is 0 Å². The molecule has 0 radical (unpaired) electrons. The van der Waals surface area contributed by atoms with Gasteiger partial charge in [0.1, 0.15) is 5.82 Å². The molecule has 5 heteroatoms. The smallest absolute Gasteiger partial charge is 0.237 e. The zero-order valence-electron chi connectivity index (χ0n) is 9.90. The molecule has 0 aliphatic heterocycles. The predicted molar refractivity (Wildman–Crippen MR) is 65.1 cm³/mol. The highest BCUT2D eigenvalue weighted by molar-refractivity contribution is 5.79. The number of amides is 1. The van der Waals surface area contributed by atoms with Crippen molar-refractivity contribution >= 4 is 17.4 Å². The molecule has 5 nitrogen and oxygen atoms in total. The minimum absolute atomic E-state index is 0.156. The molecule has 16 heavy (non-hydrogen) atoms. The summed E-state index contributed by atoms with van der Waals surface area (Å²) >= 11 is 0. The van der Waals surface area contributed by atoms with Crippen LogP contribution in [0.4, 0.5) is 11.5 Å². The third-order valence-electron chi connectivity index (χ3n) is 2.36. The van der Waals surface area contributed by atoms with Crippen molar-refractivity contribution in [3.05, 3.63) is 17.8 Å². The van der Waals surface area contributed by atoms with Gasteiger partial charge in [0.2, 0.25) is 5.91 Å². The number of nitrogen functional groups attached to an aromatic ring is 1. The van der Waals surface area contributed by atoms with Crippen molar-refractivity contribution < 1.29 is 4.79 Å². The lowest BCUT2D eigenvalue weighted by atomic mass is 10.2. The number of carbonyl (C=O) groups is 1. The maximum Gasteiger partial charge on any atom is 0.237 e. The zero-order valence-corrected chi connectivity index (χ0v) is 9.90. The van der Waals surface area contributed by atoms with E-state index in [1.165, 1.54) is 0 Å². The number of rotatable bonds is 4. The summed E-state index contributed by atoms with van der Waals surface area (Å²) in [6.07, 6.45) is 0. The Morgan fingerprint density at radius 1 is 1.50 bits per heavy atom. The van der Waals surface area contributed by atoms with E-state index < -0.39 is 0 Å². The zero-order chi connectivity index (χ0) is 12.3. The summed E-state index contributed by atoms with van der Waals surface area (Å²) in [5.74, 6) is 0.352. The molecular formula is C11H18N4O. The predicted octanol–water partition coefficient (Wildman–Crippen LogP) is 0.672. The van der Waals surface area contributed by atoms with Gasteiger partial charge in [-0.25, -0.2) is 4.98 Å². The van der Waals surface area contributed by atoms with Crippen molar-refractivity contribution in [1.82, 2.24) is 4.98 Å². The molecule has 0 saturated heterocycles. The number of aromatic nitrogens is 1. The molecule has 4 N–H and O–H groups in total. The molecule has 1 aromatic rings. The number of hydrogen-bond donors (Lipinski definition) is 2. The molecule has 0 unspecified atom stereocenters. The normalized spacial score (nSPS) is 10.5. The van der Waals surface area contributed by atoms with Crippen molar-refractivity contribution in [2.75, 3.05) is 17.2 Å². The van der Waals surface area contributed by atoms with E-state index in [0.717, 1.165) is 11.5 Å². The Morgan fingerprint density at radius 3 is 2.56 bits per heavy atom. The van der Waals surface area contributed by atoms with E-state index in [1.807, 2.05) is 25.7 Å². The molecule has 1 amide bonds. The summed E-state index contributed by atoms with van der Waals surface area (Å²) in [7, 11) is 0. The van der Waals surface area contributed by atoms with Crippen LogP contribution in [0.25, 0.3) is 0 Å². The van der Waals surface area contributed by atoms with Crippen LogP contribution in [0.15, 0.2) is 12.1 Å². The van der Waals surface area contributed by atoms with Gasteiger partial charge in [-0.05, 0) is 32.9 Å². The Bertz CT molecular complexity index is 390. The minimum atomic E-state index is -0.370. The Kier molecular flexibility index (Phi) is 3.71. The molecule has 0 saturated carbocycles. The lowest BCUT2D eigenvalue weighted by molar-refractivity contribution is -0.116. The van der Waals surface area contributed by atoms with Gasteiger partial charge < -0.3 is 16.4 Å². The number of anilines is 2. The van der Waals surface area contributed by atoms with Gasteiger partial charge in [0.25, 0.3) is 0 Å². The molecule has 0 aliphatic rings. The van der Waals surface area contributed by atoms with Crippen LogP contribution < -0.4 is 16.4 Å². The van der Waals surface area contributed by atoms with Gasteiger partial charge in [-0.15, -0.1) is 0 Å². The first-order valence-electron chi connectivity index (χ1n) is 5.20. The van der Waals surface area contributed by atoms with Crippen LogP contribution in [0.2, 0.25) is 0 Å². The summed E-state index contributed by atoms with van der Waals surface area (Å²) in [6, 6.07) is 3.74. The van der Waals surface area contributed by atoms with Gasteiger partial charge in [0, 0.05) is 6.04 Å². The number of nitrogens with zero attached hydrogens (tertiary/aromatic N) is 2. The molecule has 0 bridgehead atoms. The van der Waals surface area contributed by atoms with Crippen LogP contribution in [0, 0.1) is 6.92 Å². The second kappa shape index (κ2) is 4.83. The molecule has 0 atom stereocenters. The molecule has 1 rings (SSSR count). The first-order valence-corrected chi connectivity index (χ1v) is 5.20. The average molecular weight is 222 g/mol. The second-order valence-corrected chi connectivity index (χ2v) is 4.03. The topological polar surface area (TPSA) is 85.2 Å². The molecule has 1 aromatic heterocycles. The summed E-state index contributed by atoms with van der Waals surface area (Å²) < 4.78 is 0. The van der Waals surface area contributed by atoms with Crippen molar-refractivity contribution in [2.45, 2.75) is 26.8 Å². The fourth-order valence-electron chi connectivity index (χ4n) is 1.41. The fraction of sp³-hybridized carbons (Fsp3) is 0.455. The van der Waals surface area contributed by atoms with Crippen LogP contribution in [-0.4, -0.2) is 23.5 Å². The summed E-state index contributed by atoms with van der Waals surface area (Å²) in [4.78, 5) is 17.1. The maximum absolute atomic E-state index is 11.0. The quantitative estimate of drug-likeness (QED) is 0.784. The van der Waals surface area contributed by atoms with E-state index >= 15 is 0 Å². The lowest BCUT2D eigenvalue weighted by Gasteiger charge is -2.26. The standard InChI is InChI=1S/C11H18N4O/c1-7(2)15(6-10(13)16)11-5-4-9(12)8(3)14-11/h4-5,7H,6,12H2,1-3H3,(H2,13,16). The van der Waals surface area contributed by atoms with E-state index in [0.29, 0.717) is 5.69 Å². The first kappa shape index (κ1) is 12.3. The number of pyridine rings is 1. The minimum Gasteiger partial charge on any atom is -0.397 e. The molecule has 0 aliphatic carbocycles. The van der Waals surface area contributed by atoms with Crippen LogP contribution in [0.5, 0.6) is 0 Å². The summed E-state index contributed by atoms with van der Waals surface area (Å²) in [6.45, 7) is 5.96.